The van der Waals surface area contributed by atoms with Crippen LogP contribution in [0.5, 0.6) is 11.5 Å². The number of nitrogens with one attached hydrogen (secondary N) is 1. The fourth-order valence-corrected chi connectivity index (χ4v) is 2.58. The van der Waals surface area contributed by atoms with Crippen molar-refractivity contribution >= 4 is 5.69 Å². The molecule has 0 atom stereocenters. The summed E-state index contributed by atoms with van der Waals surface area (Å²) < 4.78 is 10.7. The molecule has 2 aromatic carbocycles. The third kappa shape index (κ3) is 2.12. The van der Waals surface area contributed by atoms with E-state index in [0.717, 1.165) is 30.0 Å². The lowest BCUT2D eigenvalue weighted by atomic mass is 9.97. The maximum atomic E-state index is 5.34. The van der Waals surface area contributed by atoms with Crippen LogP contribution in [0.4, 0.5) is 5.69 Å². The molecule has 0 bridgehead atoms. The average Bonchev–Trinajstić information content (AvgIpc) is 2.94. The van der Waals surface area contributed by atoms with Crippen molar-refractivity contribution < 1.29 is 9.47 Å². The van der Waals surface area contributed by atoms with E-state index in [4.69, 9.17) is 9.47 Å². The molecule has 0 spiro atoms. The summed E-state index contributed by atoms with van der Waals surface area (Å²) >= 11 is 0. The van der Waals surface area contributed by atoms with Gasteiger partial charge in [0.2, 0.25) is 0 Å². The van der Waals surface area contributed by atoms with Crippen LogP contribution in [-0.4, -0.2) is 20.8 Å². The van der Waals surface area contributed by atoms with Gasteiger partial charge < -0.3 is 14.8 Å². The molecule has 1 aliphatic rings. The first-order valence-electron chi connectivity index (χ1n) is 6.41. The van der Waals surface area contributed by atoms with E-state index in [1.54, 1.807) is 14.2 Å². The van der Waals surface area contributed by atoms with Gasteiger partial charge in [0.15, 0.2) is 0 Å². The maximum Gasteiger partial charge on any atom is 0.123 e. The molecule has 0 aromatic heterocycles. The molecule has 0 saturated heterocycles. The van der Waals surface area contributed by atoms with E-state index in [2.05, 4.69) is 35.6 Å². The molecule has 0 amide bonds. The minimum absolute atomic E-state index is 0.818. The summed E-state index contributed by atoms with van der Waals surface area (Å²) in [5.41, 5.74) is 4.99. The number of methoxy groups -OCH3 is 2. The van der Waals surface area contributed by atoms with Gasteiger partial charge in [-0.2, -0.15) is 0 Å². The van der Waals surface area contributed by atoms with Crippen molar-refractivity contribution in [2.45, 2.75) is 6.42 Å². The van der Waals surface area contributed by atoms with E-state index in [1.807, 2.05) is 6.07 Å². The number of fused-ring (bicyclic) bond motifs is 1. The largest absolute Gasteiger partial charge is 0.497 e. The second kappa shape index (κ2) is 4.84. The predicted molar refractivity (Wildman–Crippen MR) is 77.2 cm³/mol. The van der Waals surface area contributed by atoms with Crippen molar-refractivity contribution in [1.29, 1.82) is 0 Å². The smallest absolute Gasteiger partial charge is 0.123 e. The van der Waals surface area contributed by atoms with Crippen molar-refractivity contribution in [2.75, 3.05) is 26.1 Å². The summed E-state index contributed by atoms with van der Waals surface area (Å²) in [6.45, 7) is 1.01. The molecule has 0 aliphatic carbocycles. The van der Waals surface area contributed by atoms with Gasteiger partial charge in [-0.05, 0) is 41.3 Å². The lowest BCUT2D eigenvalue weighted by molar-refractivity contribution is 0.394. The molecular formula is C16H17NO2. The van der Waals surface area contributed by atoms with Gasteiger partial charge in [-0.25, -0.2) is 0 Å². The van der Waals surface area contributed by atoms with Crippen LogP contribution in [0.15, 0.2) is 36.4 Å². The molecule has 0 saturated carbocycles. The van der Waals surface area contributed by atoms with Gasteiger partial charge in [0.05, 0.1) is 14.2 Å². The summed E-state index contributed by atoms with van der Waals surface area (Å²) in [5, 5.41) is 3.40. The van der Waals surface area contributed by atoms with Crippen molar-refractivity contribution in [1.82, 2.24) is 0 Å². The highest BCUT2D eigenvalue weighted by molar-refractivity contribution is 5.77. The molecule has 3 heteroatoms. The Morgan fingerprint density at radius 1 is 1.00 bits per heavy atom. The lowest BCUT2D eigenvalue weighted by Crippen LogP contribution is -1.91. The predicted octanol–water partition coefficient (Wildman–Crippen LogP) is 3.34. The standard InChI is InChI=1S/C16H17NO2/c1-18-12-8-11(9-13(10-12)19-2)14-4-3-5-16-15(14)6-7-17-16/h3-5,8-10,17H,6-7H2,1-2H3. The number of hydrogen-bond donors (Lipinski definition) is 1. The number of ether oxygens (including phenoxy) is 2. The van der Waals surface area contributed by atoms with Gasteiger partial charge in [-0.1, -0.05) is 12.1 Å². The molecule has 19 heavy (non-hydrogen) atoms. The Balaban J connectivity index is 2.14. The second-order valence-electron chi connectivity index (χ2n) is 4.61. The van der Waals surface area contributed by atoms with Crippen molar-refractivity contribution in [3.05, 3.63) is 42.0 Å². The Morgan fingerprint density at radius 2 is 1.74 bits per heavy atom. The first kappa shape index (κ1) is 11.9. The van der Waals surface area contributed by atoms with Crippen molar-refractivity contribution in [2.24, 2.45) is 0 Å². The highest BCUT2D eigenvalue weighted by Crippen LogP contribution is 2.36. The summed E-state index contributed by atoms with van der Waals surface area (Å²) in [5.74, 6) is 1.64. The van der Waals surface area contributed by atoms with Crippen LogP contribution in [0.3, 0.4) is 0 Å². The minimum atomic E-state index is 0.818. The number of anilines is 1. The first-order valence-corrected chi connectivity index (χ1v) is 6.41. The molecule has 3 nitrogen and oxygen atoms in total. The Hall–Kier alpha value is -2.16. The van der Waals surface area contributed by atoms with Gasteiger partial charge in [0, 0.05) is 18.3 Å². The van der Waals surface area contributed by atoms with E-state index in [1.165, 1.54) is 16.8 Å². The normalized spacial score (nSPS) is 12.7. The highest BCUT2D eigenvalue weighted by atomic mass is 16.5. The van der Waals surface area contributed by atoms with Gasteiger partial charge in [0.1, 0.15) is 11.5 Å². The summed E-state index contributed by atoms with van der Waals surface area (Å²) in [6.07, 6.45) is 1.06. The molecule has 1 aliphatic heterocycles. The van der Waals surface area contributed by atoms with Crippen LogP contribution in [0.2, 0.25) is 0 Å². The minimum Gasteiger partial charge on any atom is -0.497 e. The van der Waals surface area contributed by atoms with E-state index >= 15 is 0 Å². The average molecular weight is 255 g/mol. The maximum absolute atomic E-state index is 5.34. The topological polar surface area (TPSA) is 30.5 Å². The molecule has 0 radical (unpaired) electrons. The summed E-state index contributed by atoms with van der Waals surface area (Å²) in [7, 11) is 3.35. The Bertz CT molecular complexity index is 585. The molecule has 0 unspecified atom stereocenters. The molecule has 3 rings (SSSR count). The Labute approximate surface area is 113 Å². The summed E-state index contributed by atoms with van der Waals surface area (Å²) in [4.78, 5) is 0. The second-order valence-corrected chi connectivity index (χ2v) is 4.61. The van der Waals surface area contributed by atoms with E-state index in [9.17, 15) is 0 Å². The Kier molecular flexibility index (Phi) is 3.03. The van der Waals surface area contributed by atoms with Crippen molar-refractivity contribution in [3.63, 3.8) is 0 Å². The monoisotopic (exact) mass is 255 g/mol. The quantitative estimate of drug-likeness (QED) is 0.912. The number of benzene rings is 2. The van der Waals surface area contributed by atoms with E-state index in [0.29, 0.717) is 0 Å². The third-order valence-corrected chi connectivity index (χ3v) is 3.53. The molecule has 2 aromatic rings. The van der Waals surface area contributed by atoms with Crippen LogP contribution in [0.25, 0.3) is 11.1 Å². The van der Waals surface area contributed by atoms with Gasteiger partial charge in [0.25, 0.3) is 0 Å². The van der Waals surface area contributed by atoms with Crippen LogP contribution in [0, 0.1) is 0 Å². The molecule has 98 valence electrons. The fraction of sp³-hybridized carbons (Fsp3) is 0.250. The summed E-state index contributed by atoms with van der Waals surface area (Å²) in [6, 6.07) is 12.4. The van der Waals surface area contributed by atoms with Gasteiger partial charge in [-0.15, -0.1) is 0 Å². The zero-order valence-electron chi connectivity index (χ0n) is 11.2. The van der Waals surface area contributed by atoms with Crippen LogP contribution in [-0.2, 0) is 6.42 Å². The SMILES string of the molecule is COc1cc(OC)cc(-c2cccc3c2CCN3)c1. The highest BCUT2D eigenvalue weighted by Gasteiger charge is 2.15. The zero-order valence-corrected chi connectivity index (χ0v) is 11.2. The van der Waals surface area contributed by atoms with Crippen LogP contribution >= 0.6 is 0 Å². The van der Waals surface area contributed by atoms with Gasteiger partial charge >= 0.3 is 0 Å². The van der Waals surface area contributed by atoms with Crippen LogP contribution < -0.4 is 14.8 Å². The van der Waals surface area contributed by atoms with Crippen LogP contribution in [0.1, 0.15) is 5.56 Å². The molecular weight excluding hydrogens is 238 g/mol. The number of hydrogen-bond acceptors (Lipinski definition) is 3. The van der Waals surface area contributed by atoms with E-state index < -0.39 is 0 Å². The first-order chi connectivity index (χ1) is 9.31. The molecule has 1 heterocycles. The number of rotatable bonds is 3. The lowest BCUT2D eigenvalue weighted by Gasteiger charge is -2.11. The fourth-order valence-electron chi connectivity index (χ4n) is 2.58. The zero-order chi connectivity index (χ0) is 13.2. The molecule has 0 fully saturated rings. The Morgan fingerprint density at radius 3 is 2.42 bits per heavy atom. The van der Waals surface area contributed by atoms with Crippen molar-refractivity contribution in [3.8, 4) is 22.6 Å². The van der Waals surface area contributed by atoms with E-state index in [-0.39, 0.29) is 0 Å². The van der Waals surface area contributed by atoms with Gasteiger partial charge in [-0.3, -0.25) is 0 Å². The third-order valence-electron chi connectivity index (χ3n) is 3.53. The molecule has 1 N–H and O–H groups in total.